The van der Waals surface area contributed by atoms with Gasteiger partial charge >= 0.3 is 0 Å². The van der Waals surface area contributed by atoms with Gasteiger partial charge in [-0.05, 0) is 30.4 Å². The standard InChI is InChI=1S/C14H22N2O2/c1-4-10(3)11-8-6-7-9-13(11)18-12(5-2)14(17)16-15/h6-10,12H,4-5,15H2,1-3H3,(H,16,17). The lowest BCUT2D eigenvalue weighted by atomic mass is 9.98. The first kappa shape index (κ1) is 14.5. The highest BCUT2D eigenvalue weighted by molar-refractivity contribution is 5.80. The van der Waals surface area contributed by atoms with Crippen LogP contribution in [-0.4, -0.2) is 12.0 Å². The van der Waals surface area contributed by atoms with Gasteiger partial charge in [0.05, 0.1) is 0 Å². The summed E-state index contributed by atoms with van der Waals surface area (Å²) >= 11 is 0. The summed E-state index contributed by atoms with van der Waals surface area (Å²) in [5.41, 5.74) is 3.26. The highest BCUT2D eigenvalue weighted by Gasteiger charge is 2.19. The Hall–Kier alpha value is -1.55. The summed E-state index contributed by atoms with van der Waals surface area (Å²) in [5.74, 6) is 6.02. The normalized spacial score (nSPS) is 13.8. The maximum absolute atomic E-state index is 11.5. The third-order valence-corrected chi connectivity index (χ3v) is 3.14. The fourth-order valence-corrected chi connectivity index (χ4v) is 1.78. The van der Waals surface area contributed by atoms with Gasteiger partial charge in [-0.1, -0.05) is 39.0 Å². The number of amides is 1. The second-order valence-electron chi connectivity index (χ2n) is 4.37. The Bertz CT molecular complexity index is 393. The molecule has 4 nitrogen and oxygen atoms in total. The van der Waals surface area contributed by atoms with Crippen LogP contribution in [0.1, 0.15) is 45.1 Å². The minimum absolute atomic E-state index is 0.295. The molecule has 0 aromatic heterocycles. The van der Waals surface area contributed by atoms with Gasteiger partial charge < -0.3 is 4.74 Å². The van der Waals surface area contributed by atoms with Gasteiger partial charge in [-0.2, -0.15) is 0 Å². The van der Waals surface area contributed by atoms with Crippen molar-refractivity contribution in [2.24, 2.45) is 5.84 Å². The molecule has 0 aliphatic heterocycles. The SMILES string of the molecule is CCC(Oc1ccccc1C(C)CC)C(=O)NN. The summed E-state index contributed by atoms with van der Waals surface area (Å²) in [7, 11) is 0. The van der Waals surface area contributed by atoms with Gasteiger partial charge in [0.15, 0.2) is 6.10 Å². The summed E-state index contributed by atoms with van der Waals surface area (Å²) < 4.78 is 5.78. The molecule has 4 heteroatoms. The van der Waals surface area contributed by atoms with E-state index in [4.69, 9.17) is 10.6 Å². The van der Waals surface area contributed by atoms with E-state index in [0.717, 1.165) is 17.7 Å². The molecule has 0 aliphatic carbocycles. The molecule has 0 aliphatic rings. The molecule has 0 heterocycles. The third-order valence-electron chi connectivity index (χ3n) is 3.14. The van der Waals surface area contributed by atoms with Crippen LogP contribution in [0.3, 0.4) is 0 Å². The predicted octanol–water partition coefficient (Wildman–Crippen LogP) is 2.35. The Balaban J connectivity index is 2.92. The number of rotatable bonds is 6. The van der Waals surface area contributed by atoms with Crippen LogP contribution in [0.15, 0.2) is 24.3 Å². The molecule has 0 bridgehead atoms. The monoisotopic (exact) mass is 250 g/mol. The number of benzene rings is 1. The molecule has 1 aromatic rings. The van der Waals surface area contributed by atoms with Crippen molar-refractivity contribution in [2.45, 2.75) is 45.6 Å². The summed E-state index contributed by atoms with van der Waals surface area (Å²) in [6.07, 6.45) is 1.07. The van der Waals surface area contributed by atoms with Crippen LogP contribution in [0.25, 0.3) is 0 Å². The van der Waals surface area contributed by atoms with Gasteiger partial charge in [0, 0.05) is 0 Å². The number of nitrogens with one attached hydrogen (secondary N) is 1. The van der Waals surface area contributed by atoms with E-state index in [9.17, 15) is 4.79 Å². The lowest BCUT2D eigenvalue weighted by molar-refractivity contribution is -0.128. The van der Waals surface area contributed by atoms with E-state index in [-0.39, 0.29) is 5.91 Å². The number of hydrogen-bond donors (Lipinski definition) is 2. The minimum atomic E-state index is -0.541. The van der Waals surface area contributed by atoms with Gasteiger partial charge in [0.2, 0.25) is 0 Å². The molecule has 3 N–H and O–H groups in total. The number of hydrazine groups is 1. The Morgan fingerprint density at radius 1 is 1.33 bits per heavy atom. The predicted molar refractivity (Wildman–Crippen MR) is 72.2 cm³/mol. The van der Waals surface area contributed by atoms with Gasteiger partial charge in [-0.15, -0.1) is 0 Å². The highest BCUT2D eigenvalue weighted by atomic mass is 16.5. The second kappa shape index (κ2) is 7.01. The van der Waals surface area contributed by atoms with Crippen molar-refractivity contribution in [1.82, 2.24) is 5.43 Å². The van der Waals surface area contributed by atoms with Gasteiger partial charge in [0.1, 0.15) is 5.75 Å². The van der Waals surface area contributed by atoms with Gasteiger partial charge in [0.25, 0.3) is 5.91 Å². The van der Waals surface area contributed by atoms with E-state index in [0.29, 0.717) is 12.3 Å². The number of ether oxygens (including phenoxy) is 1. The number of carbonyl (C=O) groups is 1. The molecule has 1 amide bonds. The average molecular weight is 250 g/mol. The Labute approximate surface area is 108 Å². The van der Waals surface area contributed by atoms with E-state index in [2.05, 4.69) is 19.3 Å². The first-order valence-electron chi connectivity index (χ1n) is 6.40. The topological polar surface area (TPSA) is 64.3 Å². The molecule has 1 rings (SSSR count). The molecule has 1 aromatic carbocycles. The number of para-hydroxylation sites is 1. The molecule has 100 valence electrons. The summed E-state index contributed by atoms with van der Waals surface area (Å²) in [4.78, 5) is 11.5. The zero-order valence-electron chi connectivity index (χ0n) is 11.3. The van der Waals surface area contributed by atoms with Crippen LogP contribution >= 0.6 is 0 Å². The summed E-state index contributed by atoms with van der Waals surface area (Å²) in [6.45, 7) is 6.17. The average Bonchev–Trinajstić information content (AvgIpc) is 2.43. The molecule has 0 spiro atoms. The van der Waals surface area contributed by atoms with Crippen molar-refractivity contribution >= 4 is 5.91 Å². The first-order chi connectivity index (χ1) is 8.63. The smallest absolute Gasteiger partial charge is 0.274 e. The van der Waals surface area contributed by atoms with Gasteiger partial charge in [-0.25, -0.2) is 5.84 Å². The maximum Gasteiger partial charge on any atom is 0.274 e. The number of hydrogen-bond acceptors (Lipinski definition) is 3. The largest absolute Gasteiger partial charge is 0.480 e. The lowest BCUT2D eigenvalue weighted by Gasteiger charge is -2.20. The van der Waals surface area contributed by atoms with Crippen molar-refractivity contribution in [1.29, 1.82) is 0 Å². The van der Waals surface area contributed by atoms with Crippen molar-refractivity contribution in [3.8, 4) is 5.75 Å². The molecular formula is C14H22N2O2. The summed E-state index contributed by atoms with van der Waals surface area (Å²) in [6, 6.07) is 7.83. The first-order valence-corrected chi connectivity index (χ1v) is 6.40. The molecule has 0 saturated heterocycles. The van der Waals surface area contributed by atoms with Crippen molar-refractivity contribution in [3.05, 3.63) is 29.8 Å². The molecular weight excluding hydrogens is 228 g/mol. The fourth-order valence-electron chi connectivity index (χ4n) is 1.78. The van der Waals surface area contributed by atoms with Crippen molar-refractivity contribution < 1.29 is 9.53 Å². The number of carbonyl (C=O) groups excluding carboxylic acids is 1. The molecule has 18 heavy (non-hydrogen) atoms. The lowest BCUT2D eigenvalue weighted by Crippen LogP contribution is -2.41. The molecule has 0 saturated carbocycles. The quantitative estimate of drug-likeness (QED) is 0.463. The van der Waals surface area contributed by atoms with Crippen molar-refractivity contribution in [2.75, 3.05) is 0 Å². The van der Waals surface area contributed by atoms with Crippen LogP contribution in [-0.2, 0) is 4.79 Å². The molecule has 0 radical (unpaired) electrons. The zero-order valence-corrected chi connectivity index (χ0v) is 11.3. The van der Waals surface area contributed by atoms with E-state index in [1.165, 1.54) is 0 Å². The maximum atomic E-state index is 11.5. The summed E-state index contributed by atoms with van der Waals surface area (Å²) in [5, 5.41) is 0. The van der Waals surface area contributed by atoms with E-state index >= 15 is 0 Å². The van der Waals surface area contributed by atoms with Gasteiger partial charge in [-0.3, -0.25) is 10.2 Å². The van der Waals surface area contributed by atoms with Crippen LogP contribution in [0.4, 0.5) is 0 Å². The Morgan fingerprint density at radius 3 is 2.56 bits per heavy atom. The van der Waals surface area contributed by atoms with Crippen molar-refractivity contribution in [3.63, 3.8) is 0 Å². The highest BCUT2D eigenvalue weighted by Crippen LogP contribution is 2.29. The van der Waals surface area contributed by atoms with E-state index < -0.39 is 6.10 Å². The van der Waals surface area contributed by atoms with Crippen LogP contribution in [0.5, 0.6) is 5.75 Å². The van der Waals surface area contributed by atoms with Crippen LogP contribution in [0, 0.1) is 0 Å². The zero-order chi connectivity index (χ0) is 13.5. The second-order valence-corrected chi connectivity index (χ2v) is 4.37. The molecule has 2 atom stereocenters. The van der Waals surface area contributed by atoms with E-state index in [1.54, 1.807) is 0 Å². The Kier molecular flexibility index (Phi) is 5.65. The Morgan fingerprint density at radius 2 is 2.00 bits per heavy atom. The van der Waals surface area contributed by atoms with Crippen LogP contribution in [0.2, 0.25) is 0 Å². The number of nitrogens with two attached hydrogens (primary N) is 1. The van der Waals surface area contributed by atoms with Crippen LogP contribution < -0.4 is 16.0 Å². The molecule has 0 fully saturated rings. The molecule has 2 unspecified atom stereocenters. The fraction of sp³-hybridized carbons (Fsp3) is 0.500. The van der Waals surface area contributed by atoms with E-state index in [1.807, 2.05) is 31.2 Å². The third kappa shape index (κ3) is 3.47. The minimum Gasteiger partial charge on any atom is -0.480 e.